The van der Waals surface area contributed by atoms with Gasteiger partial charge >= 0.3 is 12.2 Å². The Morgan fingerprint density at radius 2 is 1.83 bits per heavy atom. The molecular formula is C13H17F5N4O. The van der Waals surface area contributed by atoms with Gasteiger partial charge in [-0.25, -0.2) is 13.6 Å². The monoisotopic (exact) mass is 340 g/mol. The maximum atomic E-state index is 13.3. The van der Waals surface area contributed by atoms with Crippen LogP contribution in [0.15, 0.2) is 6.07 Å². The minimum Gasteiger partial charge on any atom is -0.323 e. The molecule has 1 saturated carbocycles. The lowest BCUT2D eigenvalue weighted by Crippen LogP contribution is -2.62. The molecule has 1 aromatic rings. The Hall–Kier alpha value is -1.87. The molecule has 1 fully saturated rings. The van der Waals surface area contributed by atoms with Gasteiger partial charge in [-0.05, 0) is 19.8 Å². The largest absolute Gasteiger partial charge is 0.411 e. The number of hydrogen-bond acceptors (Lipinski definition) is 2. The predicted octanol–water partition coefficient (Wildman–Crippen LogP) is 3.36. The van der Waals surface area contributed by atoms with E-state index in [1.54, 1.807) is 14.0 Å². The van der Waals surface area contributed by atoms with Crippen LogP contribution in [0.1, 0.15) is 31.4 Å². The normalized spacial score (nSPS) is 20.1. The zero-order valence-corrected chi connectivity index (χ0v) is 12.6. The van der Waals surface area contributed by atoms with Crippen LogP contribution in [-0.2, 0) is 7.05 Å². The molecule has 1 aromatic heterocycles. The van der Waals surface area contributed by atoms with Gasteiger partial charge in [0.15, 0.2) is 5.82 Å². The number of rotatable bonds is 2. The van der Waals surface area contributed by atoms with Gasteiger partial charge in [0.05, 0.1) is 0 Å². The summed E-state index contributed by atoms with van der Waals surface area (Å²) in [6.45, 7) is 1.70. The molecule has 2 amide bonds. The summed E-state index contributed by atoms with van der Waals surface area (Å²) in [4.78, 5) is 11.9. The summed E-state index contributed by atoms with van der Waals surface area (Å²) in [6, 6.07) is 0.361. The van der Waals surface area contributed by atoms with E-state index in [9.17, 15) is 26.7 Å². The number of aryl methyl sites for hydroxylation is 2. The fourth-order valence-corrected chi connectivity index (χ4v) is 2.51. The number of nitrogens with one attached hydrogen (secondary N) is 2. The second-order valence-corrected chi connectivity index (χ2v) is 5.81. The van der Waals surface area contributed by atoms with Gasteiger partial charge in [-0.1, -0.05) is 0 Å². The molecule has 1 aliphatic rings. The number of aromatic nitrogens is 2. The summed E-state index contributed by atoms with van der Waals surface area (Å²) in [6.07, 6.45) is -8.39. The average Bonchev–Trinajstić information content (AvgIpc) is 2.69. The van der Waals surface area contributed by atoms with Crippen LogP contribution in [-0.4, -0.2) is 33.4 Å². The number of halogens is 5. The average molecular weight is 340 g/mol. The molecule has 0 atom stereocenters. The molecular weight excluding hydrogens is 323 g/mol. The van der Waals surface area contributed by atoms with Gasteiger partial charge in [0.1, 0.15) is 5.54 Å². The number of amides is 2. The van der Waals surface area contributed by atoms with E-state index in [0.717, 1.165) is 0 Å². The number of alkyl halides is 5. The van der Waals surface area contributed by atoms with Crippen molar-refractivity contribution in [2.75, 3.05) is 5.32 Å². The minimum atomic E-state index is -4.82. The van der Waals surface area contributed by atoms with Crippen molar-refractivity contribution in [3.05, 3.63) is 11.8 Å². The molecule has 130 valence electrons. The molecule has 0 spiro atoms. The van der Waals surface area contributed by atoms with Crippen molar-refractivity contribution in [1.29, 1.82) is 0 Å². The standard InChI is InChI=1S/C13H17F5N4O/c1-8-7-9(21-22(8)2)19-10(23)20-11(13(16,17)18)3-5-12(14,15)6-4-11/h7H,3-6H2,1-2H3,(H2,19,20,21,23). The third-order valence-corrected chi connectivity index (χ3v) is 4.09. The van der Waals surface area contributed by atoms with Crippen LogP contribution in [0.2, 0.25) is 0 Å². The molecule has 0 aromatic carbocycles. The van der Waals surface area contributed by atoms with E-state index in [1.807, 2.05) is 5.32 Å². The number of nitrogens with zero attached hydrogens (tertiary/aromatic N) is 2. The van der Waals surface area contributed by atoms with Gasteiger partial charge < -0.3 is 5.32 Å². The maximum Gasteiger partial charge on any atom is 0.411 e. The van der Waals surface area contributed by atoms with Crippen molar-refractivity contribution in [1.82, 2.24) is 15.1 Å². The molecule has 2 N–H and O–H groups in total. The van der Waals surface area contributed by atoms with E-state index in [4.69, 9.17) is 0 Å². The van der Waals surface area contributed by atoms with Gasteiger partial charge in [0.2, 0.25) is 5.92 Å². The summed E-state index contributed by atoms with van der Waals surface area (Å²) in [5, 5.41) is 7.92. The second kappa shape index (κ2) is 5.64. The van der Waals surface area contributed by atoms with E-state index in [-0.39, 0.29) is 5.82 Å². The summed E-state index contributed by atoms with van der Waals surface area (Å²) < 4.78 is 67.7. The Labute approximate surface area is 129 Å². The van der Waals surface area contributed by atoms with Crippen LogP contribution in [0.3, 0.4) is 0 Å². The van der Waals surface area contributed by atoms with Crippen LogP contribution >= 0.6 is 0 Å². The lowest BCUT2D eigenvalue weighted by Gasteiger charge is -2.41. The first-order chi connectivity index (χ1) is 10.4. The van der Waals surface area contributed by atoms with E-state index in [2.05, 4.69) is 10.4 Å². The summed E-state index contributed by atoms with van der Waals surface area (Å²) in [5.41, 5.74) is -1.95. The molecule has 0 bridgehead atoms. The smallest absolute Gasteiger partial charge is 0.323 e. The van der Waals surface area contributed by atoms with E-state index < -0.39 is 49.4 Å². The molecule has 0 radical (unpaired) electrons. The highest BCUT2D eigenvalue weighted by Gasteiger charge is 2.59. The number of anilines is 1. The highest BCUT2D eigenvalue weighted by molar-refractivity contribution is 5.88. The molecule has 23 heavy (non-hydrogen) atoms. The first-order valence-corrected chi connectivity index (χ1v) is 6.99. The minimum absolute atomic E-state index is 0.0842. The topological polar surface area (TPSA) is 59.0 Å². The lowest BCUT2D eigenvalue weighted by atomic mass is 9.79. The van der Waals surface area contributed by atoms with Gasteiger partial charge in [-0.15, -0.1) is 0 Å². The molecule has 0 unspecified atom stereocenters. The van der Waals surface area contributed by atoms with E-state index in [1.165, 1.54) is 10.7 Å². The molecule has 5 nitrogen and oxygen atoms in total. The first-order valence-electron chi connectivity index (χ1n) is 6.99. The Kier molecular flexibility index (Phi) is 4.29. The van der Waals surface area contributed by atoms with Crippen molar-refractivity contribution < 1.29 is 26.7 Å². The lowest BCUT2D eigenvalue weighted by molar-refractivity contribution is -0.215. The van der Waals surface area contributed by atoms with Crippen molar-refractivity contribution in [2.45, 2.75) is 50.2 Å². The second-order valence-electron chi connectivity index (χ2n) is 5.81. The van der Waals surface area contributed by atoms with Gasteiger partial charge in [0.25, 0.3) is 0 Å². The van der Waals surface area contributed by atoms with Crippen molar-refractivity contribution in [3.63, 3.8) is 0 Å². The SMILES string of the molecule is Cc1cc(NC(=O)NC2(C(F)(F)F)CCC(F)(F)CC2)nn1C. The molecule has 0 aliphatic heterocycles. The van der Waals surface area contributed by atoms with Crippen molar-refractivity contribution in [2.24, 2.45) is 7.05 Å². The fraction of sp³-hybridized carbons (Fsp3) is 0.692. The molecule has 1 aliphatic carbocycles. The summed E-state index contributed by atoms with van der Waals surface area (Å²) in [7, 11) is 1.61. The van der Waals surface area contributed by atoms with Crippen LogP contribution in [0, 0.1) is 6.92 Å². The third-order valence-electron chi connectivity index (χ3n) is 4.09. The fourth-order valence-electron chi connectivity index (χ4n) is 2.51. The number of urea groups is 1. The third kappa shape index (κ3) is 3.73. The highest BCUT2D eigenvalue weighted by atomic mass is 19.4. The number of carbonyl (C=O) groups excluding carboxylic acids is 1. The van der Waals surface area contributed by atoms with Crippen LogP contribution in [0.25, 0.3) is 0 Å². The zero-order valence-electron chi connectivity index (χ0n) is 12.6. The number of carbonyl (C=O) groups is 1. The quantitative estimate of drug-likeness (QED) is 0.811. The molecule has 0 saturated heterocycles. The maximum absolute atomic E-state index is 13.3. The van der Waals surface area contributed by atoms with Crippen LogP contribution < -0.4 is 10.6 Å². The zero-order chi connectivity index (χ0) is 17.5. The summed E-state index contributed by atoms with van der Waals surface area (Å²) in [5.74, 6) is -3.05. The first kappa shape index (κ1) is 17.5. The number of hydrogen-bond donors (Lipinski definition) is 2. The molecule has 10 heteroatoms. The van der Waals surface area contributed by atoms with Gasteiger partial charge in [-0.3, -0.25) is 10.00 Å². The Morgan fingerprint density at radius 3 is 2.26 bits per heavy atom. The highest BCUT2D eigenvalue weighted by Crippen LogP contribution is 2.46. The Bertz CT molecular complexity index is 566. The molecule has 2 rings (SSSR count). The Morgan fingerprint density at radius 1 is 1.26 bits per heavy atom. The van der Waals surface area contributed by atoms with E-state index in [0.29, 0.717) is 5.69 Å². The van der Waals surface area contributed by atoms with Crippen molar-refractivity contribution >= 4 is 11.8 Å². The predicted molar refractivity (Wildman–Crippen MR) is 72.3 cm³/mol. The van der Waals surface area contributed by atoms with Crippen molar-refractivity contribution in [3.8, 4) is 0 Å². The van der Waals surface area contributed by atoms with Crippen LogP contribution in [0.5, 0.6) is 0 Å². The van der Waals surface area contributed by atoms with Gasteiger partial charge in [0, 0.05) is 31.6 Å². The molecule has 1 heterocycles. The van der Waals surface area contributed by atoms with Crippen LogP contribution in [0.4, 0.5) is 32.6 Å². The summed E-state index contributed by atoms with van der Waals surface area (Å²) >= 11 is 0. The van der Waals surface area contributed by atoms with E-state index >= 15 is 0 Å². The Balaban J connectivity index is 2.11. The van der Waals surface area contributed by atoms with Gasteiger partial charge in [-0.2, -0.15) is 18.3 Å².